The predicted octanol–water partition coefficient (Wildman–Crippen LogP) is 2.61. The van der Waals surface area contributed by atoms with Gasteiger partial charge in [0.05, 0.1) is 0 Å². The van der Waals surface area contributed by atoms with Crippen LogP contribution in [-0.2, 0) is 14.3 Å². The van der Waals surface area contributed by atoms with E-state index in [0.29, 0.717) is 0 Å². The number of carbonyl (C=O) groups is 2. The van der Waals surface area contributed by atoms with E-state index in [1.165, 1.54) is 6.92 Å². The molecule has 0 aromatic heterocycles. The number of carboxylic acid groups (broad SMARTS) is 1. The molecule has 1 aliphatic carbocycles. The minimum Gasteiger partial charge on any atom is -0.481 e. The normalized spacial score (nSPS) is 20.9. The largest absolute Gasteiger partial charge is 0.481 e. The van der Waals surface area contributed by atoms with Crippen LogP contribution in [0.3, 0.4) is 0 Å². The monoisotopic (exact) mass is 242 g/mol. The molecule has 1 saturated carbocycles. The molecule has 17 heavy (non-hydrogen) atoms. The van der Waals surface area contributed by atoms with Crippen LogP contribution in [0.25, 0.3) is 0 Å². The number of hydrogen-bond acceptors (Lipinski definition) is 3. The van der Waals surface area contributed by atoms with Crippen LogP contribution in [0.1, 0.15) is 53.4 Å². The molecule has 4 heteroatoms. The molecule has 4 nitrogen and oxygen atoms in total. The third-order valence-corrected chi connectivity index (χ3v) is 3.80. The van der Waals surface area contributed by atoms with E-state index in [1.807, 2.05) is 20.8 Å². The number of esters is 1. The zero-order valence-electron chi connectivity index (χ0n) is 11.1. The van der Waals surface area contributed by atoms with E-state index in [-0.39, 0.29) is 5.41 Å². The summed E-state index contributed by atoms with van der Waals surface area (Å²) in [5.74, 6) is -2.83. The minimum absolute atomic E-state index is 0.155. The lowest BCUT2D eigenvalue weighted by Crippen LogP contribution is -2.46. The first kappa shape index (κ1) is 14.0. The molecule has 0 aromatic rings. The number of rotatable bonds is 3. The molecule has 0 saturated heterocycles. The lowest BCUT2D eigenvalue weighted by Gasteiger charge is -2.41. The van der Waals surface area contributed by atoms with Crippen LogP contribution >= 0.6 is 0 Å². The van der Waals surface area contributed by atoms with Gasteiger partial charge in [-0.15, -0.1) is 0 Å². The van der Waals surface area contributed by atoms with Gasteiger partial charge < -0.3 is 9.84 Å². The summed E-state index contributed by atoms with van der Waals surface area (Å²) in [5, 5.41) is 8.81. The molecule has 0 spiro atoms. The van der Waals surface area contributed by atoms with Gasteiger partial charge in [-0.1, -0.05) is 20.8 Å². The molecular formula is C13H22O4. The summed E-state index contributed by atoms with van der Waals surface area (Å²) >= 11 is 0. The quantitative estimate of drug-likeness (QED) is 0.610. The Morgan fingerprint density at radius 1 is 1.24 bits per heavy atom. The van der Waals surface area contributed by atoms with Gasteiger partial charge in [0.2, 0.25) is 0 Å². The Hall–Kier alpha value is -1.06. The Balaban J connectivity index is 2.82. The minimum atomic E-state index is -1.13. The topological polar surface area (TPSA) is 63.6 Å². The maximum Gasteiger partial charge on any atom is 0.320 e. The van der Waals surface area contributed by atoms with Gasteiger partial charge in [-0.05, 0) is 32.6 Å². The van der Waals surface area contributed by atoms with Crippen molar-refractivity contribution < 1.29 is 19.4 Å². The van der Waals surface area contributed by atoms with Gasteiger partial charge in [0, 0.05) is 5.41 Å². The Morgan fingerprint density at radius 3 is 2.06 bits per heavy atom. The maximum atomic E-state index is 11.8. The molecule has 1 unspecified atom stereocenters. The van der Waals surface area contributed by atoms with Crippen molar-refractivity contribution in [2.24, 2.45) is 11.3 Å². The van der Waals surface area contributed by atoms with Crippen molar-refractivity contribution in [2.45, 2.75) is 59.0 Å². The first-order valence-electron chi connectivity index (χ1n) is 6.15. The molecule has 0 radical (unpaired) electrons. The highest BCUT2D eigenvalue weighted by atomic mass is 16.6. The third kappa shape index (κ3) is 2.79. The third-order valence-electron chi connectivity index (χ3n) is 3.80. The van der Waals surface area contributed by atoms with Gasteiger partial charge in [0.25, 0.3) is 0 Å². The molecule has 98 valence electrons. The molecule has 0 heterocycles. The van der Waals surface area contributed by atoms with E-state index in [4.69, 9.17) is 9.84 Å². The van der Waals surface area contributed by atoms with E-state index in [0.717, 1.165) is 25.7 Å². The Kier molecular flexibility index (Phi) is 3.84. The van der Waals surface area contributed by atoms with E-state index in [9.17, 15) is 9.59 Å². The Morgan fingerprint density at radius 2 is 1.71 bits per heavy atom. The van der Waals surface area contributed by atoms with Crippen LogP contribution < -0.4 is 0 Å². The Labute approximate surface area is 102 Å². The first-order valence-corrected chi connectivity index (χ1v) is 6.15. The summed E-state index contributed by atoms with van der Waals surface area (Å²) in [7, 11) is 0. The second-order valence-electron chi connectivity index (χ2n) is 5.93. The van der Waals surface area contributed by atoms with Crippen LogP contribution in [-0.4, -0.2) is 22.6 Å². The fourth-order valence-electron chi connectivity index (χ4n) is 2.33. The molecule has 1 fully saturated rings. The average molecular weight is 242 g/mol. The zero-order chi connectivity index (χ0) is 13.3. The van der Waals surface area contributed by atoms with E-state index >= 15 is 0 Å². The average Bonchev–Trinajstić information content (AvgIpc) is 2.65. The fraction of sp³-hybridized carbons (Fsp3) is 0.846. The van der Waals surface area contributed by atoms with E-state index in [1.54, 1.807) is 0 Å². The summed E-state index contributed by atoms with van der Waals surface area (Å²) in [5.41, 5.74) is -0.648. The summed E-state index contributed by atoms with van der Waals surface area (Å²) in [6.45, 7) is 7.49. The fourth-order valence-corrected chi connectivity index (χ4v) is 2.33. The lowest BCUT2D eigenvalue weighted by atomic mass is 9.75. The highest BCUT2D eigenvalue weighted by Crippen LogP contribution is 2.46. The zero-order valence-corrected chi connectivity index (χ0v) is 11.1. The van der Waals surface area contributed by atoms with Gasteiger partial charge in [0.1, 0.15) is 5.60 Å². The number of ether oxygens (including phenoxy) is 1. The van der Waals surface area contributed by atoms with Gasteiger partial charge in [-0.25, -0.2) is 0 Å². The van der Waals surface area contributed by atoms with Crippen LogP contribution in [0.4, 0.5) is 0 Å². The lowest BCUT2D eigenvalue weighted by molar-refractivity contribution is -0.180. The molecular weight excluding hydrogens is 220 g/mol. The van der Waals surface area contributed by atoms with Crippen molar-refractivity contribution in [3.8, 4) is 0 Å². The van der Waals surface area contributed by atoms with E-state index in [2.05, 4.69) is 0 Å². The summed E-state index contributed by atoms with van der Waals surface area (Å²) in [6, 6.07) is 0. The van der Waals surface area contributed by atoms with Crippen molar-refractivity contribution >= 4 is 11.9 Å². The van der Waals surface area contributed by atoms with Crippen molar-refractivity contribution in [1.29, 1.82) is 0 Å². The highest BCUT2D eigenvalue weighted by molar-refractivity contribution is 5.93. The smallest absolute Gasteiger partial charge is 0.320 e. The van der Waals surface area contributed by atoms with E-state index < -0.39 is 23.5 Å². The van der Waals surface area contributed by atoms with Crippen molar-refractivity contribution in [3.05, 3.63) is 0 Å². The summed E-state index contributed by atoms with van der Waals surface area (Å²) in [6.07, 6.45) is 3.72. The maximum absolute atomic E-state index is 11.8. The Bertz CT molecular complexity index is 308. The second-order valence-corrected chi connectivity index (χ2v) is 5.93. The second kappa shape index (κ2) is 4.67. The van der Waals surface area contributed by atoms with Gasteiger partial charge in [-0.2, -0.15) is 0 Å². The van der Waals surface area contributed by atoms with Crippen LogP contribution in [0.15, 0.2) is 0 Å². The van der Waals surface area contributed by atoms with Crippen molar-refractivity contribution in [3.63, 3.8) is 0 Å². The molecule has 0 amide bonds. The SMILES string of the molecule is CC(C(=O)O)C(=O)OC1(C(C)(C)C)CCCC1. The molecule has 1 aliphatic rings. The van der Waals surface area contributed by atoms with Crippen LogP contribution in [0, 0.1) is 11.3 Å². The van der Waals surface area contributed by atoms with Crippen molar-refractivity contribution in [2.75, 3.05) is 0 Å². The molecule has 1 N–H and O–H groups in total. The number of hydrogen-bond donors (Lipinski definition) is 1. The highest BCUT2D eigenvalue weighted by Gasteiger charge is 2.48. The molecule has 1 atom stereocenters. The molecule has 0 aromatic carbocycles. The summed E-state index contributed by atoms with van der Waals surface area (Å²) < 4.78 is 5.57. The van der Waals surface area contributed by atoms with Crippen LogP contribution in [0.5, 0.6) is 0 Å². The van der Waals surface area contributed by atoms with Crippen LogP contribution in [0.2, 0.25) is 0 Å². The molecule has 0 bridgehead atoms. The molecule has 1 rings (SSSR count). The van der Waals surface area contributed by atoms with Crippen molar-refractivity contribution in [1.82, 2.24) is 0 Å². The standard InChI is InChI=1S/C13H22O4/c1-9(10(14)15)11(16)17-13(12(2,3)4)7-5-6-8-13/h9H,5-8H2,1-4H3,(H,14,15). The number of carboxylic acids is 1. The number of carbonyl (C=O) groups excluding carboxylic acids is 1. The first-order chi connectivity index (χ1) is 7.69. The van der Waals surface area contributed by atoms with Gasteiger partial charge in [-0.3, -0.25) is 9.59 Å². The molecule has 0 aliphatic heterocycles. The van der Waals surface area contributed by atoms with Gasteiger partial charge >= 0.3 is 11.9 Å². The summed E-state index contributed by atoms with van der Waals surface area (Å²) in [4.78, 5) is 22.6. The van der Waals surface area contributed by atoms with Gasteiger partial charge in [0.15, 0.2) is 5.92 Å². The predicted molar refractivity (Wildman–Crippen MR) is 63.5 cm³/mol. The number of aliphatic carboxylic acids is 1.